The van der Waals surface area contributed by atoms with Gasteiger partial charge in [0.2, 0.25) is 5.70 Å². The molecule has 5 nitrogen and oxygen atoms in total. The number of nitrogens with zero attached hydrogens (tertiary/aromatic N) is 1. The van der Waals surface area contributed by atoms with Crippen LogP contribution in [-0.4, -0.2) is 19.1 Å². The first-order valence-electron chi connectivity index (χ1n) is 4.73. The Kier molecular flexibility index (Phi) is 4.51. The highest BCUT2D eigenvalue weighted by atomic mass is 79.9. The summed E-state index contributed by atoms with van der Waals surface area (Å²) in [7, 11) is 3.04. The molecule has 0 heterocycles. The third kappa shape index (κ3) is 3.20. The van der Waals surface area contributed by atoms with Crippen LogP contribution in [0.4, 0.5) is 0 Å². The van der Waals surface area contributed by atoms with Gasteiger partial charge < -0.3 is 9.47 Å². The van der Waals surface area contributed by atoms with Crippen LogP contribution in [0.2, 0.25) is 0 Å². The van der Waals surface area contributed by atoms with Gasteiger partial charge in [-0.15, -0.1) is 0 Å². The molecular formula is C11H12BrNO4. The van der Waals surface area contributed by atoms with Gasteiger partial charge in [0.15, 0.2) is 0 Å². The van der Waals surface area contributed by atoms with Gasteiger partial charge in [0.1, 0.15) is 11.5 Å². The molecule has 0 saturated heterocycles. The van der Waals surface area contributed by atoms with Crippen molar-refractivity contribution >= 4 is 22.0 Å². The summed E-state index contributed by atoms with van der Waals surface area (Å²) in [5, 5.41) is 10.6. The number of allylic oxidation sites excluding steroid dienone is 1. The quantitative estimate of drug-likeness (QED) is 0.633. The molecule has 0 aliphatic carbocycles. The largest absolute Gasteiger partial charge is 0.496 e. The molecular weight excluding hydrogens is 290 g/mol. The summed E-state index contributed by atoms with van der Waals surface area (Å²) in [6, 6.07) is 3.38. The Hall–Kier alpha value is -1.56. The Morgan fingerprint density at radius 3 is 2.41 bits per heavy atom. The van der Waals surface area contributed by atoms with E-state index in [0.717, 1.165) is 0 Å². The van der Waals surface area contributed by atoms with Crippen molar-refractivity contribution in [2.75, 3.05) is 14.2 Å². The lowest BCUT2D eigenvalue weighted by atomic mass is 10.1. The number of hydrogen-bond donors (Lipinski definition) is 0. The monoisotopic (exact) mass is 301 g/mol. The minimum absolute atomic E-state index is 0.0420. The molecule has 0 aromatic heterocycles. The van der Waals surface area contributed by atoms with E-state index < -0.39 is 4.92 Å². The van der Waals surface area contributed by atoms with Gasteiger partial charge in [0.25, 0.3) is 0 Å². The molecule has 1 aromatic rings. The average Bonchev–Trinajstić information content (AvgIpc) is 2.29. The minimum atomic E-state index is -0.447. The van der Waals surface area contributed by atoms with Crippen LogP contribution in [0.15, 0.2) is 22.3 Å². The minimum Gasteiger partial charge on any atom is -0.496 e. The molecule has 0 atom stereocenters. The summed E-state index contributed by atoms with van der Waals surface area (Å²) in [6.07, 6.45) is 1.45. The van der Waals surface area contributed by atoms with Crippen LogP contribution < -0.4 is 9.47 Å². The fraction of sp³-hybridized carbons (Fsp3) is 0.273. The number of hydrogen-bond acceptors (Lipinski definition) is 4. The van der Waals surface area contributed by atoms with Gasteiger partial charge in [-0.05, 0) is 22.0 Å². The molecule has 0 N–H and O–H groups in total. The van der Waals surface area contributed by atoms with Gasteiger partial charge in [-0.25, -0.2) is 0 Å². The third-order valence-corrected chi connectivity index (χ3v) is 2.78. The van der Waals surface area contributed by atoms with Crippen LogP contribution in [0.25, 0.3) is 6.08 Å². The standard InChI is InChI=1S/C11H12BrNO4/c1-7(13(14)15)4-8-5-9(12)11(17-3)6-10(8)16-2/h4-6H,1-3H3/b7-4+. The number of benzene rings is 1. The predicted molar refractivity (Wildman–Crippen MR) is 67.9 cm³/mol. The van der Waals surface area contributed by atoms with Crippen molar-refractivity contribution in [2.45, 2.75) is 6.92 Å². The van der Waals surface area contributed by atoms with Crippen LogP contribution in [0.5, 0.6) is 11.5 Å². The zero-order chi connectivity index (χ0) is 13.0. The average molecular weight is 302 g/mol. The molecule has 0 radical (unpaired) electrons. The van der Waals surface area contributed by atoms with E-state index >= 15 is 0 Å². The first-order valence-corrected chi connectivity index (χ1v) is 5.53. The molecule has 17 heavy (non-hydrogen) atoms. The fourth-order valence-electron chi connectivity index (χ4n) is 1.27. The molecule has 0 saturated carbocycles. The molecule has 1 rings (SSSR count). The summed E-state index contributed by atoms with van der Waals surface area (Å²) in [5.74, 6) is 1.13. The van der Waals surface area contributed by atoms with Gasteiger partial charge >= 0.3 is 0 Å². The summed E-state index contributed by atoms with van der Waals surface area (Å²) in [4.78, 5) is 10.1. The van der Waals surface area contributed by atoms with Gasteiger partial charge in [-0.3, -0.25) is 10.1 Å². The van der Waals surface area contributed by atoms with Crippen molar-refractivity contribution in [2.24, 2.45) is 0 Å². The highest BCUT2D eigenvalue weighted by Crippen LogP contribution is 2.33. The van der Waals surface area contributed by atoms with Crippen molar-refractivity contribution in [3.05, 3.63) is 38.0 Å². The van der Waals surface area contributed by atoms with E-state index in [1.54, 1.807) is 12.1 Å². The lowest BCUT2D eigenvalue weighted by Crippen LogP contribution is -1.95. The predicted octanol–water partition coefficient (Wildman–Crippen LogP) is 3.10. The molecule has 0 unspecified atom stereocenters. The van der Waals surface area contributed by atoms with E-state index in [9.17, 15) is 10.1 Å². The molecule has 0 amide bonds. The molecule has 0 fully saturated rings. The highest BCUT2D eigenvalue weighted by Gasteiger charge is 2.11. The normalized spacial score (nSPS) is 11.2. The number of methoxy groups -OCH3 is 2. The Balaban J connectivity index is 3.29. The number of ether oxygens (including phenoxy) is 2. The van der Waals surface area contributed by atoms with Crippen LogP contribution in [0.3, 0.4) is 0 Å². The van der Waals surface area contributed by atoms with Crippen molar-refractivity contribution in [3.8, 4) is 11.5 Å². The van der Waals surface area contributed by atoms with Gasteiger partial charge in [-0.1, -0.05) is 0 Å². The Morgan fingerprint density at radius 2 is 1.94 bits per heavy atom. The maximum Gasteiger partial charge on any atom is 0.243 e. The zero-order valence-corrected chi connectivity index (χ0v) is 11.3. The smallest absolute Gasteiger partial charge is 0.243 e. The number of halogens is 1. The van der Waals surface area contributed by atoms with E-state index in [0.29, 0.717) is 21.5 Å². The van der Waals surface area contributed by atoms with Crippen LogP contribution in [0, 0.1) is 10.1 Å². The maximum atomic E-state index is 10.6. The van der Waals surface area contributed by atoms with Gasteiger partial charge in [0.05, 0.1) is 23.6 Å². The molecule has 0 aliphatic rings. The summed E-state index contributed by atoms with van der Waals surface area (Å²) >= 11 is 3.32. The molecule has 1 aromatic carbocycles. The second kappa shape index (κ2) is 5.67. The lowest BCUT2D eigenvalue weighted by Gasteiger charge is -2.09. The van der Waals surface area contributed by atoms with Crippen LogP contribution in [0.1, 0.15) is 12.5 Å². The SMILES string of the molecule is COc1cc(OC)c(/C=C(\C)[N+](=O)[O-])cc1Br. The lowest BCUT2D eigenvalue weighted by molar-refractivity contribution is -0.422. The van der Waals surface area contributed by atoms with E-state index in [2.05, 4.69) is 15.9 Å². The Bertz CT molecular complexity index is 471. The topological polar surface area (TPSA) is 61.6 Å². The van der Waals surface area contributed by atoms with Gasteiger partial charge in [0, 0.05) is 24.6 Å². The summed E-state index contributed by atoms with van der Waals surface area (Å²) in [6.45, 7) is 1.43. The second-order valence-electron chi connectivity index (χ2n) is 3.27. The number of nitro groups is 1. The second-order valence-corrected chi connectivity index (χ2v) is 4.13. The van der Waals surface area contributed by atoms with Crippen molar-refractivity contribution < 1.29 is 14.4 Å². The van der Waals surface area contributed by atoms with E-state index in [1.165, 1.54) is 27.2 Å². The maximum absolute atomic E-state index is 10.6. The first-order chi connectivity index (χ1) is 7.99. The summed E-state index contributed by atoms with van der Waals surface area (Å²) < 4.78 is 11.0. The van der Waals surface area contributed by atoms with Gasteiger partial charge in [-0.2, -0.15) is 0 Å². The highest BCUT2D eigenvalue weighted by molar-refractivity contribution is 9.10. The number of rotatable bonds is 4. The zero-order valence-electron chi connectivity index (χ0n) is 9.69. The van der Waals surface area contributed by atoms with Crippen LogP contribution >= 0.6 is 15.9 Å². The first kappa shape index (κ1) is 13.5. The molecule has 0 bridgehead atoms. The fourth-order valence-corrected chi connectivity index (χ4v) is 1.80. The van der Waals surface area contributed by atoms with E-state index in [1.807, 2.05) is 0 Å². The third-order valence-electron chi connectivity index (χ3n) is 2.16. The van der Waals surface area contributed by atoms with E-state index in [4.69, 9.17) is 9.47 Å². The molecule has 0 spiro atoms. The molecule has 6 heteroatoms. The van der Waals surface area contributed by atoms with Crippen molar-refractivity contribution in [1.82, 2.24) is 0 Å². The van der Waals surface area contributed by atoms with Crippen molar-refractivity contribution in [3.63, 3.8) is 0 Å². The Labute approximate surface area is 107 Å². The van der Waals surface area contributed by atoms with Crippen LogP contribution in [-0.2, 0) is 0 Å². The molecule has 0 aliphatic heterocycles. The summed E-state index contributed by atoms with van der Waals surface area (Å²) in [5.41, 5.74) is 0.662. The Morgan fingerprint density at radius 1 is 1.35 bits per heavy atom. The van der Waals surface area contributed by atoms with Crippen molar-refractivity contribution in [1.29, 1.82) is 0 Å². The molecule has 92 valence electrons. The van der Waals surface area contributed by atoms with E-state index in [-0.39, 0.29) is 5.70 Å².